The molecular weight excluding hydrogens is 350 g/mol. The molecule has 0 spiro atoms. The highest BCUT2D eigenvalue weighted by atomic mass is 16.6. The number of hydrogen-bond acceptors (Lipinski definition) is 3. The number of hydrogen-bond donors (Lipinski definition) is 0. The summed E-state index contributed by atoms with van der Waals surface area (Å²) >= 11 is 0. The molecule has 5 nitrogen and oxygen atoms in total. The maximum atomic E-state index is 11.0. The molecular formula is C23H21N3O2. The number of non-ortho nitro benzene ring substituents is 1. The number of nitro benzene ring substituents is 1. The molecule has 5 heteroatoms. The predicted molar refractivity (Wildman–Crippen MR) is 111 cm³/mol. The van der Waals surface area contributed by atoms with Crippen LogP contribution in [0.5, 0.6) is 0 Å². The third kappa shape index (κ3) is 3.45. The van der Waals surface area contributed by atoms with Crippen LogP contribution in [-0.4, -0.2) is 9.49 Å². The Morgan fingerprint density at radius 1 is 1.07 bits per heavy atom. The van der Waals surface area contributed by atoms with Crippen molar-refractivity contribution in [3.8, 4) is 11.8 Å². The standard InChI is InChI=1S/C23H21N3O2/c1-15-7-5-8-16(2)23(15)25-17(3)11-20(18(25)4)12-21(14-24)19-9-6-10-22(13-19)26(27)28/h5-13H,1-4H3/b21-12-. The van der Waals surface area contributed by atoms with Crippen LogP contribution in [0.2, 0.25) is 0 Å². The molecule has 1 aromatic heterocycles. The van der Waals surface area contributed by atoms with Gasteiger partial charge in [0.1, 0.15) is 0 Å². The van der Waals surface area contributed by atoms with Crippen LogP contribution in [0.1, 0.15) is 33.6 Å². The third-order valence-electron chi connectivity index (χ3n) is 4.92. The fourth-order valence-corrected chi connectivity index (χ4v) is 3.56. The number of nitriles is 1. The molecule has 2 aromatic carbocycles. The number of nitrogens with zero attached hydrogens (tertiary/aromatic N) is 3. The number of aromatic nitrogens is 1. The van der Waals surface area contributed by atoms with Crippen molar-refractivity contribution >= 4 is 17.3 Å². The Morgan fingerprint density at radius 3 is 2.32 bits per heavy atom. The van der Waals surface area contributed by atoms with E-state index in [2.05, 4.69) is 36.6 Å². The molecule has 0 aliphatic heterocycles. The van der Waals surface area contributed by atoms with Gasteiger partial charge in [-0.2, -0.15) is 5.26 Å². The minimum Gasteiger partial charge on any atom is -0.317 e. The molecule has 0 aliphatic carbocycles. The summed E-state index contributed by atoms with van der Waals surface area (Å²) < 4.78 is 2.19. The van der Waals surface area contributed by atoms with E-state index in [-0.39, 0.29) is 5.69 Å². The quantitative estimate of drug-likeness (QED) is 0.336. The first-order valence-corrected chi connectivity index (χ1v) is 8.95. The third-order valence-corrected chi connectivity index (χ3v) is 4.92. The molecule has 0 bridgehead atoms. The number of nitro groups is 1. The van der Waals surface area contributed by atoms with Crippen molar-refractivity contribution < 1.29 is 4.92 Å². The van der Waals surface area contributed by atoms with Crippen molar-refractivity contribution in [1.82, 2.24) is 4.57 Å². The zero-order valence-corrected chi connectivity index (χ0v) is 16.4. The van der Waals surface area contributed by atoms with Crippen molar-refractivity contribution in [3.63, 3.8) is 0 Å². The number of benzene rings is 2. The van der Waals surface area contributed by atoms with Crippen molar-refractivity contribution in [2.45, 2.75) is 27.7 Å². The van der Waals surface area contributed by atoms with Crippen LogP contribution in [0.15, 0.2) is 48.5 Å². The van der Waals surface area contributed by atoms with Gasteiger partial charge in [0.05, 0.1) is 22.3 Å². The minimum absolute atomic E-state index is 0.0281. The van der Waals surface area contributed by atoms with Gasteiger partial charge in [-0.1, -0.05) is 30.3 Å². The Labute approximate surface area is 164 Å². The monoisotopic (exact) mass is 371 g/mol. The normalized spacial score (nSPS) is 11.3. The van der Waals surface area contributed by atoms with Crippen molar-refractivity contribution in [3.05, 3.63) is 92.3 Å². The summed E-state index contributed by atoms with van der Waals surface area (Å²) in [6, 6.07) is 16.6. The molecule has 0 fully saturated rings. The molecule has 0 N–H and O–H groups in total. The highest BCUT2D eigenvalue weighted by Gasteiger charge is 2.15. The van der Waals surface area contributed by atoms with Crippen molar-refractivity contribution in [1.29, 1.82) is 5.26 Å². The van der Waals surface area contributed by atoms with Gasteiger partial charge in [0.25, 0.3) is 5.69 Å². The highest BCUT2D eigenvalue weighted by Crippen LogP contribution is 2.29. The number of aryl methyl sites for hydroxylation is 3. The molecule has 140 valence electrons. The Balaban J connectivity index is 2.14. The highest BCUT2D eigenvalue weighted by molar-refractivity contribution is 5.90. The molecule has 0 saturated carbocycles. The van der Waals surface area contributed by atoms with Crippen LogP contribution in [0.4, 0.5) is 5.69 Å². The van der Waals surface area contributed by atoms with E-state index in [4.69, 9.17) is 0 Å². The summed E-state index contributed by atoms with van der Waals surface area (Å²) in [6.07, 6.45) is 1.80. The van der Waals surface area contributed by atoms with Gasteiger partial charge >= 0.3 is 0 Å². The van der Waals surface area contributed by atoms with E-state index in [1.165, 1.54) is 23.3 Å². The van der Waals surface area contributed by atoms with E-state index < -0.39 is 4.92 Å². The van der Waals surface area contributed by atoms with E-state index >= 15 is 0 Å². The number of rotatable bonds is 4. The van der Waals surface area contributed by atoms with E-state index in [9.17, 15) is 15.4 Å². The van der Waals surface area contributed by atoms with Crippen LogP contribution in [-0.2, 0) is 0 Å². The molecule has 0 radical (unpaired) electrons. The van der Waals surface area contributed by atoms with Gasteiger partial charge in [-0.25, -0.2) is 0 Å². The minimum atomic E-state index is -0.453. The van der Waals surface area contributed by atoms with Crippen molar-refractivity contribution in [2.75, 3.05) is 0 Å². The summed E-state index contributed by atoms with van der Waals surface area (Å²) in [5.74, 6) is 0. The maximum absolute atomic E-state index is 11.0. The second-order valence-electron chi connectivity index (χ2n) is 6.88. The second-order valence-corrected chi connectivity index (χ2v) is 6.88. The maximum Gasteiger partial charge on any atom is 0.270 e. The molecule has 3 aromatic rings. The first kappa shape index (κ1) is 19.1. The number of allylic oxidation sites excluding steroid dienone is 1. The van der Waals surface area contributed by atoms with Gasteiger partial charge in [-0.05, 0) is 62.1 Å². The molecule has 0 aliphatic rings. The largest absolute Gasteiger partial charge is 0.317 e. The van der Waals surface area contributed by atoms with Crippen LogP contribution in [0.25, 0.3) is 17.3 Å². The SMILES string of the molecule is Cc1cccc(C)c1-n1c(C)cc(/C=C(/C#N)c2cccc([N+](=O)[O-])c2)c1C. The predicted octanol–water partition coefficient (Wildman–Crippen LogP) is 5.68. The number of para-hydroxylation sites is 1. The fourth-order valence-electron chi connectivity index (χ4n) is 3.56. The summed E-state index contributed by atoms with van der Waals surface area (Å²) in [5.41, 5.74) is 7.41. The Kier molecular flexibility index (Phi) is 5.14. The van der Waals surface area contributed by atoms with Gasteiger partial charge in [-0.15, -0.1) is 0 Å². The smallest absolute Gasteiger partial charge is 0.270 e. The van der Waals surface area contributed by atoms with Gasteiger partial charge in [0.2, 0.25) is 0 Å². The summed E-state index contributed by atoms with van der Waals surface area (Å²) in [7, 11) is 0. The zero-order chi connectivity index (χ0) is 20.4. The molecule has 0 saturated heterocycles. The van der Waals surface area contributed by atoms with Gasteiger partial charge in [-0.3, -0.25) is 10.1 Å². The van der Waals surface area contributed by atoms with Crippen LogP contribution < -0.4 is 0 Å². The average molecular weight is 371 g/mol. The first-order chi connectivity index (χ1) is 13.3. The van der Waals surface area contributed by atoms with Crippen LogP contribution >= 0.6 is 0 Å². The van der Waals surface area contributed by atoms with E-state index in [0.717, 1.165) is 22.6 Å². The van der Waals surface area contributed by atoms with Crippen LogP contribution in [0.3, 0.4) is 0 Å². The van der Waals surface area contributed by atoms with Crippen LogP contribution in [0, 0.1) is 49.1 Å². The topological polar surface area (TPSA) is 71.9 Å². The lowest BCUT2D eigenvalue weighted by atomic mass is 10.0. The molecule has 1 heterocycles. The lowest BCUT2D eigenvalue weighted by Gasteiger charge is -2.15. The summed E-state index contributed by atoms with van der Waals surface area (Å²) in [4.78, 5) is 10.6. The van der Waals surface area contributed by atoms with Crippen molar-refractivity contribution in [2.24, 2.45) is 0 Å². The fraction of sp³-hybridized carbons (Fsp3) is 0.174. The van der Waals surface area contributed by atoms with Gasteiger partial charge < -0.3 is 4.57 Å². The first-order valence-electron chi connectivity index (χ1n) is 8.95. The lowest BCUT2D eigenvalue weighted by molar-refractivity contribution is -0.384. The second kappa shape index (κ2) is 7.53. The van der Waals surface area contributed by atoms with E-state index in [1.807, 2.05) is 26.0 Å². The summed E-state index contributed by atoms with van der Waals surface area (Å²) in [6.45, 7) is 8.23. The van der Waals surface area contributed by atoms with Gasteiger partial charge in [0.15, 0.2) is 0 Å². The molecule has 0 unspecified atom stereocenters. The van der Waals surface area contributed by atoms with E-state index in [1.54, 1.807) is 18.2 Å². The molecule has 3 rings (SSSR count). The average Bonchev–Trinajstić information content (AvgIpc) is 2.93. The molecule has 28 heavy (non-hydrogen) atoms. The van der Waals surface area contributed by atoms with Gasteiger partial charge in [0, 0.05) is 23.5 Å². The molecule has 0 amide bonds. The van der Waals surface area contributed by atoms with E-state index in [0.29, 0.717) is 11.1 Å². The Morgan fingerprint density at radius 2 is 1.71 bits per heavy atom. The summed E-state index contributed by atoms with van der Waals surface area (Å²) in [5, 5.41) is 20.7. The lowest BCUT2D eigenvalue weighted by Crippen LogP contribution is -2.03. The Bertz CT molecular complexity index is 1130. The zero-order valence-electron chi connectivity index (χ0n) is 16.4. The Hall–Kier alpha value is -3.65. The molecule has 0 atom stereocenters.